The van der Waals surface area contributed by atoms with Crippen molar-refractivity contribution in [2.75, 3.05) is 0 Å². The van der Waals surface area contributed by atoms with Crippen LogP contribution in [-0.4, -0.2) is 12.6 Å². The summed E-state index contributed by atoms with van der Waals surface area (Å²) in [4.78, 5) is 4.32. The second-order valence-corrected chi connectivity index (χ2v) is 7.87. The van der Waals surface area contributed by atoms with Gasteiger partial charge >= 0.3 is 6.36 Å². The first-order valence-corrected chi connectivity index (χ1v) is 9.68. The molecule has 3 aromatic rings. The van der Waals surface area contributed by atoms with E-state index in [0.717, 1.165) is 17.2 Å². The van der Waals surface area contributed by atoms with Gasteiger partial charge in [-0.25, -0.2) is 13.2 Å². The number of benzene rings is 3. The number of halogens is 6. The third kappa shape index (κ3) is 4.49. The molecule has 0 radical (unpaired) electrons. The van der Waals surface area contributed by atoms with Crippen LogP contribution in [0.25, 0.3) is 11.1 Å². The van der Waals surface area contributed by atoms with Crippen molar-refractivity contribution in [3.05, 3.63) is 88.7 Å². The maximum atomic E-state index is 14.3. The van der Waals surface area contributed by atoms with Gasteiger partial charge in [-0.05, 0) is 58.5 Å². The summed E-state index contributed by atoms with van der Waals surface area (Å²) in [6.07, 6.45) is -3.25. The van der Waals surface area contributed by atoms with E-state index in [2.05, 4.69) is 9.73 Å². The van der Waals surface area contributed by atoms with Crippen molar-refractivity contribution in [3.63, 3.8) is 0 Å². The average Bonchev–Trinajstić information content (AvgIpc) is 2.71. The number of hydrogen-bond acceptors (Lipinski definition) is 2. The van der Waals surface area contributed by atoms with E-state index >= 15 is 0 Å². The van der Waals surface area contributed by atoms with Crippen molar-refractivity contribution in [2.24, 2.45) is 4.99 Å². The second-order valence-electron chi connectivity index (χ2n) is 7.87. The smallest absolute Gasteiger partial charge is 0.406 e. The van der Waals surface area contributed by atoms with Gasteiger partial charge in [0.2, 0.25) is 0 Å². The van der Waals surface area contributed by atoms with Crippen molar-refractivity contribution < 1.29 is 31.1 Å². The molecule has 1 heterocycles. The number of nitrogens with zero attached hydrogens (tertiary/aromatic N) is 1. The van der Waals surface area contributed by atoms with Crippen LogP contribution in [-0.2, 0) is 18.4 Å². The van der Waals surface area contributed by atoms with E-state index in [4.69, 9.17) is 0 Å². The number of fused-ring (bicyclic) bond motifs is 1. The first-order valence-electron chi connectivity index (χ1n) is 9.68. The molecule has 0 aromatic heterocycles. The van der Waals surface area contributed by atoms with Gasteiger partial charge in [0.1, 0.15) is 11.6 Å². The van der Waals surface area contributed by atoms with E-state index in [1.54, 1.807) is 37.4 Å². The Hall–Kier alpha value is -3.29. The highest BCUT2D eigenvalue weighted by Gasteiger charge is 2.33. The molecule has 1 atom stereocenters. The van der Waals surface area contributed by atoms with Gasteiger partial charge in [0.15, 0.2) is 11.6 Å². The van der Waals surface area contributed by atoms with Crippen LogP contribution in [0.1, 0.15) is 23.6 Å². The van der Waals surface area contributed by atoms with Crippen LogP contribution in [0.3, 0.4) is 0 Å². The highest BCUT2D eigenvalue weighted by atomic mass is 19.4. The predicted octanol–water partition coefficient (Wildman–Crippen LogP) is 6.75. The van der Waals surface area contributed by atoms with Gasteiger partial charge in [-0.3, -0.25) is 4.99 Å². The number of alkyl halides is 3. The summed E-state index contributed by atoms with van der Waals surface area (Å²) in [6.45, 7) is 2.13. The molecule has 2 nitrogen and oxygen atoms in total. The molecule has 0 amide bonds. The lowest BCUT2D eigenvalue weighted by atomic mass is 9.74. The molecule has 0 fully saturated rings. The van der Waals surface area contributed by atoms with Gasteiger partial charge in [0.25, 0.3) is 0 Å². The van der Waals surface area contributed by atoms with Gasteiger partial charge in [-0.15, -0.1) is 13.2 Å². The van der Waals surface area contributed by atoms with Crippen molar-refractivity contribution in [3.8, 4) is 16.9 Å². The lowest BCUT2D eigenvalue weighted by Crippen LogP contribution is -2.31. The van der Waals surface area contributed by atoms with Crippen molar-refractivity contribution in [2.45, 2.75) is 31.7 Å². The number of aliphatic imine (C=N–C) groups is 1. The van der Waals surface area contributed by atoms with Gasteiger partial charge in [-0.2, -0.15) is 0 Å². The van der Waals surface area contributed by atoms with E-state index in [-0.39, 0.29) is 17.7 Å². The molecule has 8 heteroatoms. The minimum absolute atomic E-state index is 0.0509. The SMILES string of the molecule is CC1(Cc2cc(F)cc(F)c2F)C=NCc2ccc(-c3cccc(OC(F)(F)F)c3)cc21. The summed E-state index contributed by atoms with van der Waals surface area (Å²) in [5.74, 6) is -3.63. The molecule has 0 saturated carbocycles. The van der Waals surface area contributed by atoms with Crippen LogP contribution in [0.4, 0.5) is 26.3 Å². The summed E-state index contributed by atoms with van der Waals surface area (Å²) in [7, 11) is 0. The fourth-order valence-corrected chi connectivity index (χ4v) is 3.99. The Morgan fingerprint density at radius 1 is 0.969 bits per heavy atom. The molecular weight excluding hydrogens is 432 g/mol. The second kappa shape index (κ2) is 8.00. The molecule has 1 aliphatic rings. The first-order chi connectivity index (χ1) is 15.0. The molecule has 32 heavy (non-hydrogen) atoms. The van der Waals surface area contributed by atoms with E-state index in [1.165, 1.54) is 18.2 Å². The van der Waals surface area contributed by atoms with E-state index < -0.39 is 29.2 Å². The number of hydrogen-bond donors (Lipinski definition) is 0. The zero-order valence-corrected chi connectivity index (χ0v) is 16.8. The van der Waals surface area contributed by atoms with Crippen LogP contribution < -0.4 is 4.74 Å². The van der Waals surface area contributed by atoms with Crippen LogP contribution in [0.15, 0.2) is 59.6 Å². The fraction of sp³-hybridized carbons (Fsp3) is 0.208. The minimum atomic E-state index is -4.81. The predicted molar refractivity (Wildman–Crippen MR) is 108 cm³/mol. The Morgan fingerprint density at radius 2 is 1.72 bits per heavy atom. The molecule has 1 aliphatic heterocycles. The van der Waals surface area contributed by atoms with E-state index in [0.29, 0.717) is 23.7 Å². The summed E-state index contributed by atoms with van der Waals surface area (Å²) in [5, 5.41) is 0. The molecular formula is C24H17F6NO. The summed E-state index contributed by atoms with van der Waals surface area (Å²) in [6, 6.07) is 12.3. The molecule has 0 bridgehead atoms. The van der Waals surface area contributed by atoms with Crippen molar-refractivity contribution >= 4 is 6.21 Å². The third-order valence-electron chi connectivity index (χ3n) is 5.39. The average molecular weight is 449 g/mol. The van der Waals surface area contributed by atoms with E-state index in [9.17, 15) is 26.3 Å². The Labute approximate surface area is 180 Å². The Kier molecular flexibility index (Phi) is 5.48. The van der Waals surface area contributed by atoms with E-state index in [1.807, 2.05) is 0 Å². The summed E-state index contributed by atoms with van der Waals surface area (Å²) < 4.78 is 83.5. The standard InChI is InChI=1S/C24H17F6NO/c1-23(11-17-7-18(25)10-21(26)22(17)27)13-31-12-16-6-5-15(9-20(16)23)14-3-2-4-19(8-14)32-24(28,29)30/h2-10,13H,11-12H2,1H3. The molecule has 4 rings (SSSR count). The Balaban J connectivity index is 1.73. The van der Waals surface area contributed by atoms with Crippen molar-refractivity contribution in [1.82, 2.24) is 0 Å². The number of ether oxygens (including phenoxy) is 1. The first kappa shape index (κ1) is 21.9. The third-order valence-corrected chi connectivity index (χ3v) is 5.39. The maximum absolute atomic E-state index is 14.3. The molecule has 166 valence electrons. The molecule has 0 N–H and O–H groups in total. The lowest BCUT2D eigenvalue weighted by Gasteiger charge is -2.32. The summed E-state index contributed by atoms with van der Waals surface area (Å²) >= 11 is 0. The highest BCUT2D eigenvalue weighted by Crippen LogP contribution is 2.37. The van der Waals surface area contributed by atoms with Crippen LogP contribution in [0, 0.1) is 17.5 Å². The van der Waals surface area contributed by atoms with Crippen LogP contribution in [0.2, 0.25) is 0 Å². The minimum Gasteiger partial charge on any atom is -0.406 e. The topological polar surface area (TPSA) is 21.6 Å². The normalized spacial score (nSPS) is 17.8. The zero-order chi connectivity index (χ0) is 23.1. The molecule has 0 saturated heterocycles. The van der Waals surface area contributed by atoms with Gasteiger partial charge in [0, 0.05) is 17.7 Å². The molecule has 0 spiro atoms. The zero-order valence-electron chi connectivity index (χ0n) is 16.8. The summed E-state index contributed by atoms with van der Waals surface area (Å²) in [5.41, 5.74) is 1.67. The lowest BCUT2D eigenvalue weighted by molar-refractivity contribution is -0.274. The molecule has 3 aromatic carbocycles. The quantitative estimate of drug-likeness (QED) is 0.319. The fourth-order valence-electron chi connectivity index (χ4n) is 3.99. The van der Waals surface area contributed by atoms with Crippen molar-refractivity contribution in [1.29, 1.82) is 0 Å². The largest absolute Gasteiger partial charge is 0.573 e. The maximum Gasteiger partial charge on any atom is 0.573 e. The Morgan fingerprint density at radius 3 is 2.47 bits per heavy atom. The molecule has 1 unspecified atom stereocenters. The van der Waals surface area contributed by atoms with Crippen LogP contribution in [0.5, 0.6) is 5.75 Å². The number of rotatable bonds is 4. The van der Waals surface area contributed by atoms with Crippen LogP contribution >= 0.6 is 0 Å². The van der Waals surface area contributed by atoms with Gasteiger partial charge < -0.3 is 4.74 Å². The van der Waals surface area contributed by atoms with Gasteiger partial charge in [0.05, 0.1) is 6.54 Å². The van der Waals surface area contributed by atoms with Gasteiger partial charge in [-0.1, -0.05) is 31.2 Å². The molecule has 0 aliphatic carbocycles. The monoisotopic (exact) mass is 449 g/mol. The highest BCUT2D eigenvalue weighted by molar-refractivity contribution is 5.78. The Bertz CT molecular complexity index is 1200.